The van der Waals surface area contributed by atoms with Crippen LogP contribution in [0.15, 0.2) is 24.3 Å². The summed E-state index contributed by atoms with van der Waals surface area (Å²) < 4.78 is 0.970. The molecule has 1 aliphatic carbocycles. The molecule has 0 spiro atoms. The lowest BCUT2D eigenvalue weighted by molar-refractivity contribution is -0.125. The molecule has 3 rings (SSSR count). The summed E-state index contributed by atoms with van der Waals surface area (Å²) >= 11 is 1.37. The number of hydrogen-bond donors (Lipinski definition) is 3. The summed E-state index contributed by atoms with van der Waals surface area (Å²) in [6.45, 7) is 1.79. The molecule has 2 aromatic rings. The lowest BCUT2D eigenvalue weighted by Crippen LogP contribution is -2.43. The number of para-hydroxylation sites is 1. The van der Waals surface area contributed by atoms with Gasteiger partial charge in [-0.25, -0.2) is 4.98 Å². The van der Waals surface area contributed by atoms with Crippen molar-refractivity contribution >= 4 is 39.0 Å². The molecule has 1 amide bonds. The van der Waals surface area contributed by atoms with Crippen molar-refractivity contribution in [2.45, 2.75) is 64.0 Å². The minimum Gasteiger partial charge on any atom is -0.346 e. The number of thiazole rings is 1. The van der Waals surface area contributed by atoms with E-state index in [1.165, 1.54) is 11.3 Å². The van der Waals surface area contributed by atoms with E-state index in [4.69, 9.17) is 11.1 Å². The van der Waals surface area contributed by atoms with E-state index in [0.717, 1.165) is 35.9 Å². The zero-order valence-corrected chi connectivity index (χ0v) is 17.1. The second-order valence-corrected chi connectivity index (χ2v) is 8.74. The third-order valence-electron chi connectivity index (χ3n) is 5.28. The standard InChI is InChI=1S/C21H28N4O2S/c1-13(22)6-2-3-8-17(24-20(27)14-10-11-15(23)12-14)19(26)21-25-16-7-4-5-9-18(16)28-21/h4-5,7,9,14-15,17,22H,2-3,6,8,10-12,23H2,1H3,(H,24,27). The van der Waals surface area contributed by atoms with Gasteiger partial charge in [-0.15, -0.1) is 11.3 Å². The zero-order valence-electron chi connectivity index (χ0n) is 16.2. The summed E-state index contributed by atoms with van der Waals surface area (Å²) in [5.41, 5.74) is 7.38. The number of amides is 1. The van der Waals surface area contributed by atoms with Gasteiger partial charge in [0.1, 0.15) is 0 Å². The summed E-state index contributed by atoms with van der Waals surface area (Å²) in [7, 11) is 0. The first-order chi connectivity index (χ1) is 13.4. The smallest absolute Gasteiger partial charge is 0.223 e. The second kappa shape index (κ2) is 9.39. The van der Waals surface area contributed by atoms with Gasteiger partial charge < -0.3 is 16.5 Å². The number of nitrogens with one attached hydrogen (secondary N) is 2. The van der Waals surface area contributed by atoms with Gasteiger partial charge in [-0.3, -0.25) is 9.59 Å². The fraction of sp³-hybridized carbons (Fsp3) is 0.524. The SMILES string of the molecule is CC(=N)CCCCC(NC(=O)C1CCC(N)C1)C(=O)c1nc2ccccc2s1. The molecule has 1 fully saturated rings. The molecule has 150 valence electrons. The van der Waals surface area contributed by atoms with Crippen molar-refractivity contribution in [1.82, 2.24) is 10.3 Å². The van der Waals surface area contributed by atoms with Crippen LogP contribution in [-0.4, -0.2) is 34.5 Å². The van der Waals surface area contributed by atoms with Gasteiger partial charge in [0, 0.05) is 17.7 Å². The molecule has 1 aliphatic rings. The number of unbranched alkanes of at least 4 members (excludes halogenated alkanes) is 1. The fourth-order valence-electron chi connectivity index (χ4n) is 3.68. The van der Waals surface area contributed by atoms with Crippen molar-refractivity contribution in [3.8, 4) is 0 Å². The molecule has 1 saturated carbocycles. The number of hydrogen-bond acceptors (Lipinski definition) is 6. The van der Waals surface area contributed by atoms with Gasteiger partial charge in [0.05, 0.1) is 16.3 Å². The molecule has 0 aliphatic heterocycles. The summed E-state index contributed by atoms with van der Waals surface area (Å²) in [5.74, 6) is -0.302. The van der Waals surface area contributed by atoms with Crippen LogP contribution in [0.4, 0.5) is 0 Å². The van der Waals surface area contributed by atoms with Gasteiger partial charge in [-0.05, 0) is 57.6 Å². The second-order valence-electron chi connectivity index (χ2n) is 7.71. The average Bonchev–Trinajstić information content (AvgIpc) is 3.29. The number of aromatic nitrogens is 1. The van der Waals surface area contributed by atoms with E-state index >= 15 is 0 Å². The van der Waals surface area contributed by atoms with Gasteiger partial charge in [-0.1, -0.05) is 18.6 Å². The van der Waals surface area contributed by atoms with Crippen molar-refractivity contribution in [1.29, 1.82) is 5.41 Å². The maximum atomic E-state index is 13.1. The van der Waals surface area contributed by atoms with Crippen molar-refractivity contribution in [2.24, 2.45) is 11.7 Å². The molecular weight excluding hydrogens is 372 g/mol. The molecule has 4 N–H and O–H groups in total. The average molecular weight is 401 g/mol. The predicted molar refractivity (Wildman–Crippen MR) is 113 cm³/mol. The van der Waals surface area contributed by atoms with E-state index in [1.807, 2.05) is 24.3 Å². The van der Waals surface area contributed by atoms with Crippen LogP contribution in [0.2, 0.25) is 0 Å². The lowest BCUT2D eigenvalue weighted by Gasteiger charge is -2.19. The van der Waals surface area contributed by atoms with Crippen molar-refractivity contribution in [2.75, 3.05) is 0 Å². The van der Waals surface area contributed by atoms with E-state index in [9.17, 15) is 9.59 Å². The minimum absolute atomic E-state index is 0.0735. The Morgan fingerprint density at radius 3 is 2.79 bits per heavy atom. The Morgan fingerprint density at radius 1 is 1.32 bits per heavy atom. The predicted octanol–water partition coefficient (Wildman–Crippen LogP) is 3.69. The van der Waals surface area contributed by atoms with Crippen molar-refractivity contribution < 1.29 is 9.59 Å². The normalized spacial score (nSPS) is 20.2. The van der Waals surface area contributed by atoms with Gasteiger partial charge in [-0.2, -0.15) is 0 Å². The van der Waals surface area contributed by atoms with Gasteiger partial charge in [0.25, 0.3) is 0 Å². The molecular formula is C21H28N4O2S. The monoisotopic (exact) mass is 400 g/mol. The van der Waals surface area contributed by atoms with Crippen LogP contribution in [0.25, 0.3) is 10.2 Å². The maximum Gasteiger partial charge on any atom is 0.223 e. The number of fused-ring (bicyclic) bond motifs is 1. The first kappa shape index (κ1) is 20.6. The fourth-order valence-corrected chi connectivity index (χ4v) is 4.64. The molecule has 1 heterocycles. The van der Waals surface area contributed by atoms with E-state index in [-0.39, 0.29) is 23.7 Å². The molecule has 6 nitrogen and oxygen atoms in total. The molecule has 28 heavy (non-hydrogen) atoms. The highest BCUT2D eigenvalue weighted by molar-refractivity contribution is 7.20. The quantitative estimate of drug-likeness (QED) is 0.339. The molecule has 0 saturated heterocycles. The Hall–Kier alpha value is -2.12. The number of ketones is 1. The Balaban J connectivity index is 1.71. The number of benzene rings is 1. The van der Waals surface area contributed by atoms with Gasteiger partial charge in [0.2, 0.25) is 11.7 Å². The summed E-state index contributed by atoms with van der Waals surface area (Å²) in [4.78, 5) is 30.3. The largest absolute Gasteiger partial charge is 0.346 e. The molecule has 1 aromatic heterocycles. The molecule has 7 heteroatoms. The topological polar surface area (TPSA) is 109 Å². The van der Waals surface area contributed by atoms with Gasteiger partial charge >= 0.3 is 0 Å². The molecule has 3 unspecified atom stereocenters. The minimum atomic E-state index is -0.573. The molecule has 1 aromatic carbocycles. The van der Waals surface area contributed by atoms with Crippen LogP contribution in [0.1, 0.15) is 61.7 Å². The summed E-state index contributed by atoms with van der Waals surface area (Å²) in [6.07, 6.45) is 5.21. The first-order valence-electron chi connectivity index (χ1n) is 9.94. The number of nitrogens with two attached hydrogens (primary N) is 1. The van der Waals surface area contributed by atoms with E-state index < -0.39 is 6.04 Å². The van der Waals surface area contributed by atoms with E-state index in [1.54, 1.807) is 6.92 Å². The number of nitrogens with zero attached hydrogens (tertiary/aromatic N) is 1. The molecule has 3 atom stereocenters. The Labute approximate surface area is 169 Å². The Morgan fingerprint density at radius 2 is 2.11 bits per heavy atom. The van der Waals surface area contributed by atoms with Crippen LogP contribution >= 0.6 is 11.3 Å². The molecule has 0 bridgehead atoms. The Kier molecular flexibility index (Phi) is 6.91. The van der Waals surface area contributed by atoms with Crippen LogP contribution in [0.5, 0.6) is 0 Å². The number of carbonyl (C=O) groups excluding carboxylic acids is 2. The third kappa shape index (κ3) is 5.23. The number of Topliss-reactive ketones (excluding diaryl/α,β-unsaturated/α-hetero) is 1. The van der Waals surface area contributed by atoms with Crippen LogP contribution in [0, 0.1) is 11.3 Å². The van der Waals surface area contributed by atoms with Crippen LogP contribution < -0.4 is 11.1 Å². The first-order valence-corrected chi connectivity index (χ1v) is 10.8. The molecule has 0 radical (unpaired) electrons. The Bertz CT molecular complexity index is 830. The van der Waals surface area contributed by atoms with Crippen LogP contribution in [-0.2, 0) is 4.79 Å². The van der Waals surface area contributed by atoms with Gasteiger partial charge in [0.15, 0.2) is 5.01 Å². The number of rotatable bonds is 9. The van der Waals surface area contributed by atoms with E-state index in [2.05, 4.69) is 10.3 Å². The summed E-state index contributed by atoms with van der Waals surface area (Å²) in [5, 5.41) is 11.0. The maximum absolute atomic E-state index is 13.1. The van der Waals surface area contributed by atoms with Crippen LogP contribution in [0.3, 0.4) is 0 Å². The number of carbonyl (C=O) groups is 2. The highest BCUT2D eigenvalue weighted by Crippen LogP contribution is 2.26. The van der Waals surface area contributed by atoms with Crippen molar-refractivity contribution in [3.05, 3.63) is 29.3 Å². The highest BCUT2D eigenvalue weighted by atomic mass is 32.1. The van der Waals surface area contributed by atoms with E-state index in [0.29, 0.717) is 30.0 Å². The van der Waals surface area contributed by atoms with Crippen molar-refractivity contribution in [3.63, 3.8) is 0 Å². The third-order valence-corrected chi connectivity index (χ3v) is 6.33. The highest BCUT2D eigenvalue weighted by Gasteiger charge is 2.31. The zero-order chi connectivity index (χ0) is 20.1. The summed E-state index contributed by atoms with van der Waals surface area (Å²) in [6, 6.07) is 7.17. The lowest BCUT2D eigenvalue weighted by atomic mass is 10.0.